The zero-order chi connectivity index (χ0) is 25.0. The van der Waals surface area contributed by atoms with Crippen LogP contribution in [0.15, 0.2) is 67.0 Å². The van der Waals surface area contributed by atoms with Crippen molar-refractivity contribution in [1.29, 1.82) is 0 Å². The van der Waals surface area contributed by atoms with Crippen molar-refractivity contribution in [2.75, 3.05) is 46.6 Å². The molecule has 0 unspecified atom stereocenters. The molecule has 2 aliphatic heterocycles. The molecule has 2 aliphatic rings. The summed E-state index contributed by atoms with van der Waals surface area (Å²) in [6.07, 6.45) is 2.88. The van der Waals surface area contributed by atoms with E-state index in [0.29, 0.717) is 37.6 Å². The van der Waals surface area contributed by atoms with E-state index in [1.807, 2.05) is 58.0 Å². The Kier molecular flexibility index (Phi) is 7.48. The number of aliphatic hydroxyl groups is 1. The molecule has 2 N–H and O–H groups in total. The third-order valence-corrected chi connectivity index (χ3v) is 7.27. The third kappa shape index (κ3) is 4.95. The molecule has 8 heteroatoms. The van der Waals surface area contributed by atoms with Crippen molar-refractivity contribution >= 4 is 5.91 Å². The van der Waals surface area contributed by atoms with E-state index >= 15 is 0 Å². The Morgan fingerprint density at radius 2 is 1.94 bits per heavy atom. The minimum absolute atomic E-state index is 0.0193. The Morgan fingerprint density at radius 3 is 2.69 bits per heavy atom. The molecule has 0 spiro atoms. The van der Waals surface area contributed by atoms with Gasteiger partial charge in [0, 0.05) is 51.4 Å². The molecule has 3 aromatic rings. The highest BCUT2D eigenvalue weighted by Gasteiger charge is 2.43. The van der Waals surface area contributed by atoms with Crippen LogP contribution < -0.4 is 5.32 Å². The highest BCUT2D eigenvalue weighted by atomic mass is 16.5. The van der Waals surface area contributed by atoms with E-state index < -0.39 is 11.6 Å². The fourth-order valence-corrected chi connectivity index (χ4v) is 5.39. The van der Waals surface area contributed by atoms with Crippen molar-refractivity contribution in [3.8, 4) is 11.3 Å². The Hall–Kier alpha value is -3.04. The fourth-order valence-electron chi connectivity index (χ4n) is 5.39. The third-order valence-electron chi connectivity index (χ3n) is 7.27. The number of imidazole rings is 1. The van der Waals surface area contributed by atoms with E-state index in [9.17, 15) is 9.90 Å². The van der Waals surface area contributed by atoms with Crippen molar-refractivity contribution in [2.24, 2.45) is 0 Å². The van der Waals surface area contributed by atoms with E-state index in [4.69, 9.17) is 9.47 Å². The van der Waals surface area contributed by atoms with Gasteiger partial charge in [-0.1, -0.05) is 60.7 Å². The zero-order valence-corrected chi connectivity index (χ0v) is 20.7. The summed E-state index contributed by atoms with van der Waals surface area (Å²) in [5.41, 5.74) is 2.04. The molecular weight excluding hydrogens is 456 g/mol. The van der Waals surface area contributed by atoms with Gasteiger partial charge in [-0.3, -0.25) is 4.79 Å². The number of carbonyl (C=O) groups is 1. The van der Waals surface area contributed by atoms with Crippen LogP contribution in [-0.4, -0.2) is 83.7 Å². The number of nitrogens with zero attached hydrogens (tertiary/aromatic N) is 3. The van der Waals surface area contributed by atoms with E-state index in [1.54, 1.807) is 13.4 Å². The predicted molar refractivity (Wildman–Crippen MR) is 137 cm³/mol. The molecule has 2 fully saturated rings. The van der Waals surface area contributed by atoms with Gasteiger partial charge in [-0.25, -0.2) is 4.98 Å². The molecule has 3 heterocycles. The summed E-state index contributed by atoms with van der Waals surface area (Å²) >= 11 is 0. The van der Waals surface area contributed by atoms with Crippen LogP contribution in [-0.2, 0) is 15.9 Å². The van der Waals surface area contributed by atoms with Gasteiger partial charge >= 0.3 is 0 Å². The molecule has 2 saturated heterocycles. The average Bonchev–Trinajstić information content (AvgIpc) is 3.35. The van der Waals surface area contributed by atoms with Crippen LogP contribution in [0.1, 0.15) is 28.5 Å². The van der Waals surface area contributed by atoms with Gasteiger partial charge in [0.15, 0.2) is 5.69 Å². The molecule has 190 valence electrons. The highest BCUT2D eigenvalue weighted by molar-refractivity contribution is 5.98. The number of methoxy groups -OCH3 is 1. The average molecular weight is 491 g/mol. The first-order chi connectivity index (χ1) is 17.6. The summed E-state index contributed by atoms with van der Waals surface area (Å²) in [5, 5.41) is 14.9. The second-order valence-corrected chi connectivity index (χ2v) is 9.64. The quantitative estimate of drug-likeness (QED) is 0.529. The standard InChI is InChI=1S/C28H34N4O4/c1-35-19-28(34)12-15-36-18-24(28)32-20-30-25(26(32)22-10-6-3-7-11-22)27(33)31-14-13-29-17-23(31)16-21-8-4-2-5-9-21/h2-11,20,23-24,29,34H,12-19H2,1H3/t23-,24+,28+/m1/s1. The first-order valence-electron chi connectivity index (χ1n) is 12.6. The van der Waals surface area contributed by atoms with Crippen LogP contribution in [0.5, 0.6) is 0 Å². The molecule has 1 amide bonds. The lowest BCUT2D eigenvalue weighted by molar-refractivity contribution is -0.134. The maximum absolute atomic E-state index is 14.1. The summed E-state index contributed by atoms with van der Waals surface area (Å²) in [5.74, 6) is -0.0953. The number of benzene rings is 2. The molecule has 0 aliphatic carbocycles. The van der Waals surface area contributed by atoms with Crippen molar-refractivity contribution in [1.82, 2.24) is 19.8 Å². The van der Waals surface area contributed by atoms with Crippen molar-refractivity contribution < 1.29 is 19.4 Å². The van der Waals surface area contributed by atoms with Gasteiger partial charge in [0.2, 0.25) is 0 Å². The number of nitrogens with one attached hydrogen (secondary N) is 1. The minimum Gasteiger partial charge on any atom is -0.385 e. The van der Waals surface area contributed by atoms with Crippen molar-refractivity contribution in [3.63, 3.8) is 0 Å². The lowest BCUT2D eigenvalue weighted by Crippen LogP contribution is -2.54. The van der Waals surface area contributed by atoms with Gasteiger partial charge in [-0.05, 0) is 12.0 Å². The van der Waals surface area contributed by atoms with Crippen molar-refractivity contribution in [3.05, 3.63) is 78.2 Å². The van der Waals surface area contributed by atoms with Crippen molar-refractivity contribution in [2.45, 2.75) is 30.5 Å². The second-order valence-electron chi connectivity index (χ2n) is 9.64. The summed E-state index contributed by atoms with van der Waals surface area (Å²) in [6.45, 7) is 3.02. The lowest BCUT2D eigenvalue weighted by atomic mass is 9.89. The number of hydrogen-bond donors (Lipinski definition) is 2. The summed E-state index contributed by atoms with van der Waals surface area (Å²) in [7, 11) is 1.59. The first kappa shape index (κ1) is 24.6. The number of amides is 1. The second kappa shape index (κ2) is 10.9. The fraction of sp³-hybridized carbons (Fsp3) is 0.429. The van der Waals surface area contributed by atoms with Crippen LogP contribution in [0.2, 0.25) is 0 Å². The normalized spacial score (nSPS) is 24.6. The molecule has 8 nitrogen and oxygen atoms in total. The molecule has 1 aromatic heterocycles. The van der Waals surface area contributed by atoms with E-state index in [-0.39, 0.29) is 18.6 Å². The Morgan fingerprint density at radius 1 is 1.19 bits per heavy atom. The zero-order valence-electron chi connectivity index (χ0n) is 20.7. The highest BCUT2D eigenvalue weighted by Crippen LogP contribution is 2.36. The number of carbonyl (C=O) groups excluding carboxylic acids is 1. The van der Waals surface area contributed by atoms with Gasteiger partial charge in [0.1, 0.15) is 5.60 Å². The van der Waals surface area contributed by atoms with Crippen LogP contribution in [0.3, 0.4) is 0 Å². The van der Waals surface area contributed by atoms with Crippen LogP contribution >= 0.6 is 0 Å². The van der Waals surface area contributed by atoms with Crippen LogP contribution in [0.4, 0.5) is 0 Å². The van der Waals surface area contributed by atoms with Gasteiger partial charge in [-0.15, -0.1) is 0 Å². The summed E-state index contributed by atoms with van der Waals surface area (Å²) < 4.78 is 13.1. The molecule has 0 saturated carbocycles. The maximum atomic E-state index is 14.1. The number of hydrogen-bond acceptors (Lipinski definition) is 6. The Balaban J connectivity index is 1.53. The summed E-state index contributed by atoms with van der Waals surface area (Å²) in [4.78, 5) is 20.7. The molecule has 0 bridgehead atoms. The number of aromatic nitrogens is 2. The summed E-state index contributed by atoms with van der Waals surface area (Å²) in [6, 6.07) is 19.6. The monoisotopic (exact) mass is 490 g/mol. The molecule has 2 aromatic carbocycles. The molecule has 5 rings (SSSR count). The van der Waals surface area contributed by atoms with Crippen LogP contribution in [0, 0.1) is 0 Å². The molecule has 36 heavy (non-hydrogen) atoms. The lowest BCUT2D eigenvalue weighted by Gasteiger charge is -2.40. The van der Waals surface area contributed by atoms with Gasteiger partial charge in [-0.2, -0.15) is 0 Å². The SMILES string of the molecule is COC[C@@]1(O)CCOC[C@@H]1n1cnc(C(=O)N2CCNC[C@H]2Cc2ccccc2)c1-c1ccccc1. The molecule has 3 atom stereocenters. The van der Waals surface area contributed by atoms with Gasteiger partial charge < -0.3 is 29.4 Å². The molecular formula is C28H34N4O4. The van der Waals surface area contributed by atoms with E-state index in [1.165, 1.54) is 5.56 Å². The smallest absolute Gasteiger partial charge is 0.275 e. The number of piperazine rings is 1. The number of ether oxygens (including phenoxy) is 2. The topological polar surface area (TPSA) is 88.8 Å². The minimum atomic E-state index is -1.12. The van der Waals surface area contributed by atoms with Crippen LogP contribution in [0.25, 0.3) is 11.3 Å². The van der Waals surface area contributed by atoms with Gasteiger partial charge in [0.05, 0.1) is 31.3 Å². The first-order valence-corrected chi connectivity index (χ1v) is 12.6. The van der Waals surface area contributed by atoms with E-state index in [0.717, 1.165) is 25.1 Å². The largest absolute Gasteiger partial charge is 0.385 e. The maximum Gasteiger partial charge on any atom is 0.275 e. The van der Waals surface area contributed by atoms with E-state index in [2.05, 4.69) is 22.4 Å². The number of rotatable bonds is 7. The Labute approximate surface area is 211 Å². The van der Waals surface area contributed by atoms with Gasteiger partial charge in [0.25, 0.3) is 5.91 Å². The Bertz CT molecular complexity index is 1150. The molecule has 0 radical (unpaired) electrons. The predicted octanol–water partition coefficient (Wildman–Crippen LogP) is 2.55.